The van der Waals surface area contributed by atoms with Gasteiger partial charge in [0, 0.05) is 6.54 Å². The van der Waals surface area contributed by atoms with Gasteiger partial charge in [0.2, 0.25) is 12.5 Å². The molecule has 30 heavy (non-hydrogen) atoms. The van der Waals surface area contributed by atoms with Crippen LogP contribution in [-0.2, 0) is 13.6 Å². The molecule has 0 radical (unpaired) electrons. The molecule has 2 heterocycles. The van der Waals surface area contributed by atoms with E-state index in [-0.39, 0.29) is 7.05 Å². The predicted octanol–water partition coefficient (Wildman–Crippen LogP) is 1.43. The van der Waals surface area contributed by atoms with E-state index in [4.69, 9.17) is 30.0 Å². The summed E-state index contributed by atoms with van der Waals surface area (Å²) in [7, 11) is 2.27. The molecule has 16 heteroatoms. The summed E-state index contributed by atoms with van der Waals surface area (Å²) in [6, 6.07) is -9.73. The van der Waals surface area contributed by atoms with E-state index in [9.17, 15) is 26.3 Å². The molecule has 0 aromatic carbocycles. The Morgan fingerprint density at radius 3 is 1.53 bits per heavy atom. The van der Waals surface area contributed by atoms with Gasteiger partial charge < -0.3 is 25.2 Å². The van der Waals surface area contributed by atoms with E-state index in [1.807, 2.05) is 17.8 Å². The average molecular weight is 456 g/mol. The highest BCUT2D eigenvalue weighted by Gasteiger charge is 2.79. The van der Waals surface area contributed by atoms with Crippen molar-refractivity contribution in [1.82, 2.24) is 14.4 Å². The van der Waals surface area contributed by atoms with Crippen molar-refractivity contribution in [2.75, 3.05) is 13.6 Å². The van der Waals surface area contributed by atoms with Gasteiger partial charge in [-0.1, -0.05) is 6.92 Å². The van der Waals surface area contributed by atoms with Crippen LogP contribution in [0.3, 0.4) is 0 Å². The molecular weight excluding hydrogens is 434 g/mol. The molecule has 1 aliphatic heterocycles. The van der Waals surface area contributed by atoms with Gasteiger partial charge in [0.25, 0.3) is 0 Å². The first kappa shape index (κ1) is 29.5. The summed E-state index contributed by atoms with van der Waals surface area (Å²) in [6.45, 7) is 3.26. The number of nitrogens with zero attached hydrogens (tertiary/aromatic N) is 4. The fourth-order valence-electron chi connectivity index (χ4n) is 1.96. The maximum absolute atomic E-state index is 12.9. The molecule has 0 unspecified atom stereocenters. The Balaban J connectivity index is 0. The van der Waals surface area contributed by atoms with Crippen LogP contribution in [0.15, 0.2) is 18.7 Å². The zero-order valence-corrected chi connectivity index (χ0v) is 16.3. The molecule has 0 bridgehead atoms. The number of carbonyl (C=O) groups is 2. The summed E-state index contributed by atoms with van der Waals surface area (Å²) in [6.07, 6.45) is -2.12. The van der Waals surface area contributed by atoms with E-state index in [0.29, 0.717) is 0 Å². The lowest BCUT2D eigenvalue weighted by atomic mass is 10.4. The van der Waals surface area contributed by atoms with Crippen LogP contribution in [0.4, 0.5) is 35.9 Å². The van der Waals surface area contributed by atoms with Crippen molar-refractivity contribution in [2.45, 2.75) is 38.7 Å². The lowest BCUT2D eigenvalue weighted by Gasteiger charge is -2.25. The smallest absolute Gasteiger partial charge is 0.503 e. The fraction of sp³-hybridized carbons (Fsp3) is 0.643. The molecular formula is C14H22F6N4O6. The Labute approximate surface area is 166 Å². The Kier molecular flexibility index (Phi) is 11.2. The molecule has 3 N–H and O–H groups in total. The van der Waals surface area contributed by atoms with Crippen LogP contribution >= 0.6 is 0 Å². The topological polar surface area (TPSA) is 133 Å². The maximum Gasteiger partial charge on any atom is 0.503 e. The normalized spacial score (nSPS) is 18.6. The van der Waals surface area contributed by atoms with Gasteiger partial charge in [0.1, 0.15) is 12.4 Å². The van der Waals surface area contributed by atoms with Crippen molar-refractivity contribution in [1.29, 1.82) is 0 Å². The maximum atomic E-state index is 12.9. The molecule has 0 spiro atoms. The number of hydrogen-bond acceptors (Lipinski definition) is 5. The molecule has 0 saturated carbocycles. The summed E-state index contributed by atoms with van der Waals surface area (Å²) >= 11 is 0. The molecule has 0 atom stereocenters. The van der Waals surface area contributed by atoms with Crippen molar-refractivity contribution in [2.24, 2.45) is 7.05 Å². The number of imidazole rings is 1. The number of rotatable bonds is 2. The van der Waals surface area contributed by atoms with Crippen LogP contribution in [0.5, 0.6) is 0 Å². The van der Waals surface area contributed by atoms with Gasteiger partial charge >= 0.3 is 24.4 Å². The minimum absolute atomic E-state index is 0.254. The molecule has 176 valence electrons. The second-order valence-corrected chi connectivity index (χ2v) is 5.35. The van der Waals surface area contributed by atoms with Crippen LogP contribution in [0.2, 0.25) is 0 Å². The molecule has 0 amide bonds. The van der Waals surface area contributed by atoms with Gasteiger partial charge in [-0.3, -0.25) is 0 Å². The molecule has 2 rings (SSSR count). The third kappa shape index (κ3) is 7.94. The number of carboxylic acid groups (broad SMARTS) is 4. The Hall–Kier alpha value is -2.75. The van der Waals surface area contributed by atoms with Crippen molar-refractivity contribution in [3.63, 3.8) is 0 Å². The van der Waals surface area contributed by atoms with E-state index in [2.05, 4.69) is 24.0 Å². The van der Waals surface area contributed by atoms with E-state index >= 15 is 0 Å². The Morgan fingerprint density at radius 2 is 1.40 bits per heavy atom. The number of alkyl halides is 6. The first-order chi connectivity index (χ1) is 13.4. The SMILES string of the molecule is CCN1C(F)(F)N(C)C(F)(F)C1(F)F.CCn1cc[n+](C)c1.O=C(O)O.O=C([O-])O. The van der Waals surface area contributed by atoms with Crippen LogP contribution in [-0.4, -0.2) is 73.9 Å². The van der Waals surface area contributed by atoms with E-state index in [1.54, 1.807) is 0 Å². The fourth-order valence-corrected chi connectivity index (χ4v) is 1.96. The summed E-state index contributed by atoms with van der Waals surface area (Å²) in [5.74, 6) is 0. The van der Waals surface area contributed by atoms with E-state index in [1.165, 1.54) is 0 Å². The zero-order valence-electron chi connectivity index (χ0n) is 16.3. The van der Waals surface area contributed by atoms with Crippen LogP contribution in [0.1, 0.15) is 13.8 Å². The largest absolute Gasteiger partial charge is 0.565 e. The van der Waals surface area contributed by atoms with Crippen molar-refractivity contribution >= 4 is 12.3 Å². The molecule has 1 saturated heterocycles. The first-order valence-electron chi connectivity index (χ1n) is 7.87. The van der Waals surface area contributed by atoms with Gasteiger partial charge in [-0.2, -0.15) is 36.1 Å². The number of likely N-dealkylation sites (N-methyl/N-ethyl adjacent to an activating group) is 2. The van der Waals surface area contributed by atoms with E-state index in [0.717, 1.165) is 13.5 Å². The van der Waals surface area contributed by atoms with Gasteiger partial charge in [0.05, 0.1) is 13.6 Å². The minimum atomic E-state index is -4.87. The van der Waals surface area contributed by atoms with Crippen LogP contribution in [0.25, 0.3) is 0 Å². The summed E-state index contributed by atoms with van der Waals surface area (Å²) in [5.41, 5.74) is 0. The number of hydrogen-bond donors (Lipinski definition) is 3. The standard InChI is InChI=1S/C6H8F6N2.C6H11N2.2CH2O3/c1-3-14-5(9,10)4(7,8)13(2)6(14,11)12;1-3-8-5-4-7(2)6-8;2*2-1(3)4/h3H2,1-2H3;4-6H,3H2,1-2H3;2*(H2,2,3,4)/q;+1;;/p-1. The van der Waals surface area contributed by atoms with Crippen LogP contribution < -0.4 is 9.67 Å². The monoisotopic (exact) mass is 456 g/mol. The Morgan fingerprint density at radius 1 is 1.00 bits per heavy atom. The highest BCUT2D eigenvalue weighted by Crippen LogP contribution is 2.52. The molecule has 1 aromatic rings. The highest BCUT2D eigenvalue weighted by atomic mass is 19.3. The second-order valence-electron chi connectivity index (χ2n) is 5.35. The average Bonchev–Trinajstić information content (AvgIpc) is 3.02. The quantitative estimate of drug-likeness (QED) is 0.346. The second kappa shape index (κ2) is 11.4. The van der Waals surface area contributed by atoms with Crippen LogP contribution in [0, 0.1) is 0 Å². The predicted molar refractivity (Wildman–Crippen MR) is 84.9 cm³/mol. The van der Waals surface area contributed by atoms with Crippen molar-refractivity contribution < 1.29 is 60.9 Å². The number of halogens is 6. The summed E-state index contributed by atoms with van der Waals surface area (Å²) in [4.78, 5) is 15.2. The lowest BCUT2D eigenvalue weighted by Crippen LogP contribution is -2.49. The van der Waals surface area contributed by atoms with Gasteiger partial charge in [-0.15, -0.1) is 0 Å². The zero-order chi connectivity index (χ0) is 24.5. The molecule has 10 nitrogen and oxygen atoms in total. The minimum Gasteiger partial charge on any atom is -0.565 e. The number of aryl methyl sites for hydroxylation is 2. The van der Waals surface area contributed by atoms with Gasteiger partial charge in [-0.25, -0.2) is 13.9 Å². The molecule has 1 aliphatic rings. The third-order valence-electron chi connectivity index (χ3n) is 3.36. The molecule has 1 aromatic heterocycles. The first-order valence-corrected chi connectivity index (χ1v) is 7.87. The third-order valence-corrected chi connectivity index (χ3v) is 3.36. The van der Waals surface area contributed by atoms with Gasteiger partial charge in [0.15, 0.2) is 0 Å². The number of aromatic nitrogens is 2. The van der Waals surface area contributed by atoms with Gasteiger partial charge in [-0.05, 0) is 14.0 Å². The highest BCUT2D eigenvalue weighted by molar-refractivity contribution is 5.53. The summed E-state index contributed by atoms with van der Waals surface area (Å²) in [5, 5.41) is 29.2. The van der Waals surface area contributed by atoms with E-state index < -0.39 is 46.9 Å². The van der Waals surface area contributed by atoms with Crippen molar-refractivity contribution in [3.8, 4) is 0 Å². The molecule has 0 aliphatic carbocycles. The summed E-state index contributed by atoms with van der Waals surface area (Å²) < 4.78 is 80.9. The Bertz CT molecular complexity index is 668. The molecule has 1 fully saturated rings. The lowest BCUT2D eigenvalue weighted by molar-refractivity contribution is -0.671. The van der Waals surface area contributed by atoms with Crippen molar-refractivity contribution in [3.05, 3.63) is 18.7 Å².